The molecule has 8 heteroatoms. The van der Waals surface area contributed by atoms with Gasteiger partial charge in [0, 0.05) is 12.0 Å². The average Bonchev–Trinajstić information content (AvgIpc) is 3.25. The van der Waals surface area contributed by atoms with Gasteiger partial charge in [-0.25, -0.2) is 9.07 Å². The Balaban J connectivity index is 1.35. The molecule has 2 aliphatic rings. The van der Waals surface area contributed by atoms with E-state index in [9.17, 15) is 14.0 Å². The van der Waals surface area contributed by atoms with Crippen LogP contribution in [-0.2, 0) is 11.2 Å². The molecule has 2 heterocycles. The molecule has 0 bridgehead atoms. The number of amides is 2. The van der Waals surface area contributed by atoms with Crippen LogP contribution in [0.5, 0.6) is 0 Å². The van der Waals surface area contributed by atoms with Gasteiger partial charge in [-0.15, -0.1) is 5.11 Å². The predicted octanol–water partition coefficient (Wildman–Crippen LogP) is 5.35. The normalized spacial score (nSPS) is 17.6. The maximum atomic E-state index is 14.6. The Bertz CT molecular complexity index is 1330. The number of nitrogens with zero attached hydrogens (tertiary/aromatic N) is 4. The third-order valence-corrected chi connectivity index (χ3v) is 6.42. The first kappa shape index (κ1) is 21.9. The van der Waals surface area contributed by atoms with Gasteiger partial charge in [0.05, 0.1) is 34.9 Å². The number of hydrogen-bond donors (Lipinski definition) is 1. The standard InChI is InChI=1S/C26H24FN5O2/c1-16-21(15-28-32(16)18-7-3-2-4-8-18)25(33)29-24-14-17(11-12-22(24)27)13-23-19-9-5-6-10-20(19)26(34)31-30-23/h2-4,7-8,11-12,14-15,23H,5-6,9-10,13H2,1H3,(H,29,33). The van der Waals surface area contributed by atoms with E-state index in [0.717, 1.165) is 48.1 Å². The van der Waals surface area contributed by atoms with Gasteiger partial charge in [0.15, 0.2) is 0 Å². The first-order chi connectivity index (χ1) is 16.5. The summed E-state index contributed by atoms with van der Waals surface area (Å²) in [5.74, 6) is -1.19. The zero-order valence-corrected chi connectivity index (χ0v) is 18.8. The fraction of sp³-hybridized carbons (Fsp3) is 0.269. The van der Waals surface area contributed by atoms with Gasteiger partial charge >= 0.3 is 0 Å². The lowest BCUT2D eigenvalue weighted by Crippen LogP contribution is -2.23. The van der Waals surface area contributed by atoms with E-state index in [1.807, 2.05) is 30.3 Å². The molecule has 1 atom stereocenters. The second-order valence-electron chi connectivity index (χ2n) is 8.61. The van der Waals surface area contributed by atoms with Crippen molar-refractivity contribution in [2.45, 2.75) is 45.1 Å². The van der Waals surface area contributed by atoms with Crippen LogP contribution in [0.1, 0.15) is 47.3 Å². The first-order valence-electron chi connectivity index (χ1n) is 11.4. The quantitative estimate of drug-likeness (QED) is 0.560. The summed E-state index contributed by atoms with van der Waals surface area (Å²) in [6, 6.07) is 13.9. The summed E-state index contributed by atoms with van der Waals surface area (Å²) in [4.78, 5) is 25.0. The molecule has 0 fully saturated rings. The molecule has 2 aromatic carbocycles. The molecule has 7 nitrogen and oxygen atoms in total. The van der Waals surface area contributed by atoms with Gasteiger partial charge in [-0.1, -0.05) is 24.3 Å². The zero-order valence-electron chi connectivity index (χ0n) is 18.8. The molecule has 1 aliphatic heterocycles. The van der Waals surface area contributed by atoms with Gasteiger partial charge in [0.2, 0.25) is 0 Å². The van der Waals surface area contributed by atoms with Crippen LogP contribution in [0.2, 0.25) is 0 Å². The molecule has 3 aromatic rings. The van der Waals surface area contributed by atoms with Crippen molar-refractivity contribution < 1.29 is 14.0 Å². The molecule has 0 saturated heterocycles. The Kier molecular flexibility index (Phi) is 5.88. The molecule has 172 valence electrons. The minimum atomic E-state index is -0.525. The van der Waals surface area contributed by atoms with Crippen molar-refractivity contribution in [3.8, 4) is 5.69 Å². The van der Waals surface area contributed by atoms with E-state index in [4.69, 9.17) is 0 Å². The lowest BCUT2D eigenvalue weighted by atomic mass is 9.84. The minimum absolute atomic E-state index is 0.0935. The van der Waals surface area contributed by atoms with Crippen molar-refractivity contribution in [1.29, 1.82) is 0 Å². The fourth-order valence-corrected chi connectivity index (χ4v) is 4.63. The highest BCUT2D eigenvalue weighted by atomic mass is 19.1. The molecule has 34 heavy (non-hydrogen) atoms. The average molecular weight is 458 g/mol. The predicted molar refractivity (Wildman–Crippen MR) is 126 cm³/mol. The van der Waals surface area contributed by atoms with E-state index in [0.29, 0.717) is 17.7 Å². The molecular formula is C26H24FN5O2. The Morgan fingerprint density at radius 1 is 1.15 bits per heavy atom. The van der Waals surface area contributed by atoms with E-state index in [-0.39, 0.29) is 17.6 Å². The lowest BCUT2D eigenvalue weighted by Gasteiger charge is -2.25. The maximum Gasteiger partial charge on any atom is 0.291 e. The SMILES string of the molecule is Cc1c(C(=O)Nc2cc(CC3N=NC(=O)C4=C3CCCC4)ccc2F)cnn1-c1ccccc1. The van der Waals surface area contributed by atoms with Crippen molar-refractivity contribution >= 4 is 17.5 Å². The molecule has 5 rings (SSSR count). The molecule has 0 spiro atoms. The lowest BCUT2D eigenvalue weighted by molar-refractivity contribution is -0.115. The van der Waals surface area contributed by atoms with Crippen LogP contribution in [0.3, 0.4) is 0 Å². The summed E-state index contributed by atoms with van der Waals surface area (Å²) in [5, 5.41) is 15.1. The summed E-state index contributed by atoms with van der Waals surface area (Å²) >= 11 is 0. The van der Waals surface area contributed by atoms with Gasteiger partial charge in [-0.05, 0) is 68.0 Å². The van der Waals surface area contributed by atoms with Crippen LogP contribution in [0.25, 0.3) is 5.69 Å². The smallest absolute Gasteiger partial charge is 0.291 e. The van der Waals surface area contributed by atoms with Crippen molar-refractivity contribution in [3.63, 3.8) is 0 Å². The van der Waals surface area contributed by atoms with Crippen LogP contribution in [0, 0.1) is 12.7 Å². The molecule has 1 aliphatic carbocycles. The van der Waals surface area contributed by atoms with Gasteiger partial charge in [-0.3, -0.25) is 9.59 Å². The number of para-hydroxylation sites is 1. The highest BCUT2D eigenvalue weighted by molar-refractivity contribution is 6.05. The number of nitrogens with one attached hydrogen (secondary N) is 1. The molecule has 0 saturated carbocycles. The topological polar surface area (TPSA) is 88.7 Å². The third kappa shape index (κ3) is 4.19. The zero-order chi connectivity index (χ0) is 23.7. The Hall–Kier alpha value is -3.94. The van der Waals surface area contributed by atoms with Gasteiger partial charge in [0.25, 0.3) is 11.8 Å². The van der Waals surface area contributed by atoms with Gasteiger partial charge in [-0.2, -0.15) is 10.2 Å². The van der Waals surface area contributed by atoms with Crippen LogP contribution in [-0.4, -0.2) is 27.6 Å². The fourth-order valence-electron chi connectivity index (χ4n) is 4.63. The van der Waals surface area contributed by atoms with Crippen molar-refractivity contribution in [1.82, 2.24) is 9.78 Å². The largest absolute Gasteiger partial charge is 0.319 e. The van der Waals surface area contributed by atoms with E-state index in [1.165, 1.54) is 12.3 Å². The summed E-state index contributed by atoms with van der Waals surface area (Å²) in [6.45, 7) is 1.80. The Morgan fingerprint density at radius 2 is 1.94 bits per heavy atom. The number of carbonyl (C=O) groups excluding carboxylic acids is 2. The van der Waals surface area contributed by atoms with E-state index in [2.05, 4.69) is 20.6 Å². The van der Waals surface area contributed by atoms with Crippen LogP contribution >= 0.6 is 0 Å². The summed E-state index contributed by atoms with van der Waals surface area (Å²) in [6.07, 6.45) is 5.56. The van der Waals surface area contributed by atoms with E-state index >= 15 is 0 Å². The van der Waals surface area contributed by atoms with Crippen LogP contribution < -0.4 is 5.32 Å². The van der Waals surface area contributed by atoms with Crippen LogP contribution in [0.4, 0.5) is 10.1 Å². The van der Waals surface area contributed by atoms with E-state index in [1.54, 1.807) is 23.7 Å². The summed E-state index contributed by atoms with van der Waals surface area (Å²) < 4.78 is 16.3. The Labute approximate surface area is 196 Å². The molecule has 0 radical (unpaired) electrons. The molecular weight excluding hydrogens is 433 g/mol. The number of anilines is 1. The number of halogens is 1. The monoisotopic (exact) mass is 457 g/mol. The molecule has 2 amide bonds. The van der Waals surface area contributed by atoms with Gasteiger partial charge in [0.1, 0.15) is 5.82 Å². The number of azo groups is 1. The van der Waals surface area contributed by atoms with Crippen molar-refractivity contribution in [3.05, 3.63) is 88.5 Å². The number of benzene rings is 2. The summed E-state index contributed by atoms with van der Waals surface area (Å²) in [5.41, 5.74) is 4.59. The summed E-state index contributed by atoms with van der Waals surface area (Å²) in [7, 11) is 0. The van der Waals surface area contributed by atoms with Crippen LogP contribution in [0.15, 0.2) is 76.1 Å². The maximum absolute atomic E-state index is 14.6. The third-order valence-electron chi connectivity index (χ3n) is 6.42. The van der Waals surface area contributed by atoms with Crippen molar-refractivity contribution in [2.75, 3.05) is 5.32 Å². The highest BCUT2D eigenvalue weighted by Crippen LogP contribution is 2.34. The second kappa shape index (κ2) is 9.13. The van der Waals surface area contributed by atoms with Gasteiger partial charge < -0.3 is 5.32 Å². The number of hydrogen-bond acceptors (Lipinski definition) is 4. The number of aromatic nitrogens is 2. The molecule has 1 unspecified atom stereocenters. The first-order valence-corrected chi connectivity index (χ1v) is 11.4. The second-order valence-corrected chi connectivity index (χ2v) is 8.61. The van der Waals surface area contributed by atoms with E-state index < -0.39 is 11.7 Å². The molecule has 1 N–H and O–H groups in total. The highest BCUT2D eigenvalue weighted by Gasteiger charge is 2.29. The molecule has 1 aromatic heterocycles. The number of carbonyl (C=O) groups is 2. The Morgan fingerprint density at radius 3 is 2.76 bits per heavy atom. The minimum Gasteiger partial charge on any atom is -0.319 e. The number of rotatable bonds is 5. The van der Waals surface area contributed by atoms with Crippen molar-refractivity contribution in [2.24, 2.45) is 10.2 Å².